The normalized spacial score (nSPS) is 10.4. The van der Waals surface area contributed by atoms with E-state index in [0.717, 1.165) is 6.42 Å². The molecule has 0 heterocycles. The lowest BCUT2D eigenvalue weighted by molar-refractivity contribution is 0.0921. The van der Waals surface area contributed by atoms with Crippen LogP contribution in [0.4, 0.5) is 5.69 Å². The van der Waals surface area contributed by atoms with Gasteiger partial charge in [-0.05, 0) is 54.4 Å². The highest BCUT2D eigenvalue weighted by molar-refractivity contribution is 6.37. The molecule has 3 rings (SSSR count). The van der Waals surface area contributed by atoms with Crippen LogP contribution < -0.4 is 10.1 Å². The van der Waals surface area contributed by atoms with Gasteiger partial charge >= 0.3 is 0 Å². The number of amides is 1. The predicted molar refractivity (Wildman–Crippen MR) is 117 cm³/mol. The van der Waals surface area contributed by atoms with Gasteiger partial charge in [0.05, 0.1) is 10.6 Å². The van der Waals surface area contributed by atoms with E-state index in [9.17, 15) is 9.59 Å². The molecular formula is C23H19Cl2NO3. The Morgan fingerprint density at radius 1 is 0.931 bits per heavy atom. The van der Waals surface area contributed by atoms with E-state index >= 15 is 0 Å². The standard InChI is InChI=1S/C23H19Cl2NO3/c1-2-15-3-5-16(6-4-15)22(27)14-29-19-10-8-18(9-11-19)26-23(28)20-12-7-17(24)13-21(20)25/h3-13H,2,14H2,1H3,(H,26,28). The molecule has 0 atom stereocenters. The first-order valence-corrected chi connectivity index (χ1v) is 9.83. The fourth-order valence-corrected chi connectivity index (χ4v) is 3.16. The van der Waals surface area contributed by atoms with Gasteiger partial charge in [-0.2, -0.15) is 0 Å². The third-order valence-electron chi connectivity index (χ3n) is 4.34. The number of nitrogens with one attached hydrogen (secondary N) is 1. The summed E-state index contributed by atoms with van der Waals surface area (Å²) in [4.78, 5) is 24.6. The van der Waals surface area contributed by atoms with Crippen molar-refractivity contribution in [3.8, 4) is 5.75 Å². The minimum Gasteiger partial charge on any atom is -0.485 e. The minimum absolute atomic E-state index is 0.0580. The van der Waals surface area contributed by atoms with Gasteiger partial charge in [-0.1, -0.05) is 54.4 Å². The van der Waals surface area contributed by atoms with Crippen LogP contribution in [-0.2, 0) is 6.42 Å². The fourth-order valence-electron chi connectivity index (χ4n) is 2.67. The topological polar surface area (TPSA) is 55.4 Å². The van der Waals surface area contributed by atoms with Gasteiger partial charge in [-0.3, -0.25) is 9.59 Å². The number of hydrogen-bond donors (Lipinski definition) is 1. The van der Waals surface area contributed by atoms with Crippen LogP contribution in [-0.4, -0.2) is 18.3 Å². The SMILES string of the molecule is CCc1ccc(C(=O)COc2ccc(NC(=O)c3ccc(Cl)cc3Cl)cc2)cc1. The summed E-state index contributed by atoms with van der Waals surface area (Å²) in [5.41, 5.74) is 2.71. The number of benzene rings is 3. The highest BCUT2D eigenvalue weighted by Gasteiger charge is 2.11. The van der Waals surface area contributed by atoms with Crippen LogP contribution in [0.25, 0.3) is 0 Å². The fraction of sp³-hybridized carbons (Fsp3) is 0.130. The first kappa shape index (κ1) is 20.9. The molecule has 3 aromatic carbocycles. The Morgan fingerprint density at radius 2 is 1.62 bits per heavy atom. The molecule has 6 heteroatoms. The number of rotatable bonds is 7. The quantitative estimate of drug-likeness (QED) is 0.465. The van der Waals surface area contributed by atoms with Crippen LogP contribution in [0, 0.1) is 0 Å². The highest BCUT2D eigenvalue weighted by atomic mass is 35.5. The summed E-state index contributed by atoms with van der Waals surface area (Å²) < 4.78 is 5.56. The smallest absolute Gasteiger partial charge is 0.257 e. The number of carbonyl (C=O) groups excluding carboxylic acids is 2. The monoisotopic (exact) mass is 427 g/mol. The summed E-state index contributed by atoms with van der Waals surface area (Å²) in [5.74, 6) is 0.0968. The van der Waals surface area contributed by atoms with Crippen molar-refractivity contribution in [1.29, 1.82) is 0 Å². The summed E-state index contributed by atoms with van der Waals surface area (Å²) in [6, 6.07) is 18.9. The predicted octanol–water partition coefficient (Wildman–Crippen LogP) is 6.07. The summed E-state index contributed by atoms with van der Waals surface area (Å²) in [6.45, 7) is 2.01. The molecule has 1 amide bonds. The molecule has 0 aliphatic rings. The summed E-state index contributed by atoms with van der Waals surface area (Å²) >= 11 is 11.9. The van der Waals surface area contributed by atoms with Gasteiger partial charge in [-0.15, -0.1) is 0 Å². The third-order valence-corrected chi connectivity index (χ3v) is 4.89. The molecule has 0 aromatic heterocycles. The Labute approximate surface area is 179 Å². The van der Waals surface area contributed by atoms with Crippen molar-refractivity contribution in [3.63, 3.8) is 0 Å². The number of Topliss-reactive ketones (excluding diaryl/α,β-unsaturated/α-hetero) is 1. The number of hydrogen-bond acceptors (Lipinski definition) is 3. The van der Waals surface area contributed by atoms with Crippen molar-refractivity contribution in [2.24, 2.45) is 0 Å². The molecule has 0 fully saturated rings. The molecule has 4 nitrogen and oxygen atoms in total. The zero-order valence-electron chi connectivity index (χ0n) is 15.7. The van der Waals surface area contributed by atoms with E-state index in [1.165, 1.54) is 11.6 Å². The molecule has 3 aromatic rings. The van der Waals surface area contributed by atoms with Crippen LogP contribution in [0.1, 0.15) is 33.2 Å². The highest BCUT2D eigenvalue weighted by Crippen LogP contribution is 2.23. The molecule has 148 valence electrons. The van der Waals surface area contributed by atoms with Gasteiger partial charge in [0.2, 0.25) is 0 Å². The van der Waals surface area contributed by atoms with Crippen molar-refractivity contribution >= 4 is 40.6 Å². The molecule has 0 saturated carbocycles. The lowest BCUT2D eigenvalue weighted by Crippen LogP contribution is -2.13. The minimum atomic E-state index is -0.342. The molecule has 0 radical (unpaired) electrons. The number of ketones is 1. The Hall–Kier alpha value is -2.82. The zero-order chi connectivity index (χ0) is 20.8. The van der Waals surface area contributed by atoms with E-state index in [4.69, 9.17) is 27.9 Å². The first-order chi connectivity index (χ1) is 14.0. The Balaban J connectivity index is 1.56. The maximum absolute atomic E-state index is 12.3. The molecule has 0 saturated heterocycles. The Kier molecular flexibility index (Phi) is 6.91. The van der Waals surface area contributed by atoms with Gasteiger partial charge in [0.15, 0.2) is 12.4 Å². The number of carbonyl (C=O) groups is 2. The largest absolute Gasteiger partial charge is 0.485 e. The maximum atomic E-state index is 12.3. The molecule has 0 unspecified atom stereocenters. The van der Waals surface area contributed by atoms with E-state index in [1.54, 1.807) is 36.4 Å². The van der Waals surface area contributed by atoms with Crippen molar-refractivity contribution in [1.82, 2.24) is 0 Å². The second kappa shape index (κ2) is 9.59. The number of aryl methyl sites for hydroxylation is 1. The van der Waals surface area contributed by atoms with Crippen LogP contribution >= 0.6 is 23.2 Å². The van der Waals surface area contributed by atoms with Gasteiger partial charge in [0.1, 0.15) is 5.75 Å². The van der Waals surface area contributed by atoms with Crippen LogP contribution in [0.5, 0.6) is 5.75 Å². The Morgan fingerprint density at radius 3 is 2.24 bits per heavy atom. The molecule has 0 aliphatic heterocycles. The van der Waals surface area contributed by atoms with Gasteiger partial charge in [0, 0.05) is 16.3 Å². The lowest BCUT2D eigenvalue weighted by atomic mass is 10.1. The van der Waals surface area contributed by atoms with Gasteiger partial charge in [-0.25, -0.2) is 0 Å². The van der Waals surface area contributed by atoms with E-state index in [0.29, 0.717) is 27.6 Å². The molecule has 1 N–H and O–H groups in total. The lowest BCUT2D eigenvalue weighted by Gasteiger charge is -2.09. The molecule has 0 bridgehead atoms. The third kappa shape index (κ3) is 5.59. The summed E-state index contributed by atoms with van der Waals surface area (Å²) in [7, 11) is 0. The van der Waals surface area contributed by atoms with E-state index < -0.39 is 0 Å². The van der Waals surface area contributed by atoms with E-state index in [1.807, 2.05) is 24.3 Å². The zero-order valence-corrected chi connectivity index (χ0v) is 17.3. The maximum Gasteiger partial charge on any atom is 0.257 e. The number of anilines is 1. The van der Waals surface area contributed by atoms with Crippen LogP contribution in [0.2, 0.25) is 10.0 Å². The molecular weight excluding hydrogens is 409 g/mol. The summed E-state index contributed by atoms with van der Waals surface area (Å²) in [5, 5.41) is 3.50. The molecule has 29 heavy (non-hydrogen) atoms. The van der Waals surface area contributed by atoms with Crippen molar-refractivity contribution in [2.75, 3.05) is 11.9 Å². The van der Waals surface area contributed by atoms with Gasteiger partial charge < -0.3 is 10.1 Å². The van der Waals surface area contributed by atoms with E-state index in [-0.39, 0.29) is 23.3 Å². The number of ether oxygens (including phenoxy) is 1. The molecule has 0 aliphatic carbocycles. The number of halogens is 2. The average molecular weight is 428 g/mol. The second-order valence-corrected chi connectivity index (χ2v) is 7.21. The summed E-state index contributed by atoms with van der Waals surface area (Å²) in [6.07, 6.45) is 0.929. The van der Waals surface area contributed by atoms with E-state index in [2.05, 4.69) is 12.2 Å². The molecule has 0 spiro atoms. The van der Waals surface area contributed by atoms with Crippen molar-refractivity contribution < 1.29 is 14.3 Å². The first-order valence-electron chi connectivity index (χ1n) is 9.07. The average Bonchev–Trinajstić information content (AvgIpc) is 2.73. The Bertz CT molecular complexity index is 1020. The van der Waals surface area contributed by atoms with Crippen LogP contribution in [0.15, 0.2) is 66.7 Å². The van der Waals surface area contributed by atoms with Crippen molar-refractivity contribution in [3.05, 3.63) is 93.5 Å². The van der Waals surface area contributed by atoms with Gasteiger partial charge in [0.25, 0.3) is 5.91 Å². The van der Waals surface area contributed by atoms with Crippen LogP contribution in [0.3, 0.4) is 0 Å². The second-order valence-electron chi connectivity index (χ2n) is 6.36. The van der Waals surface area contributed by atoms with Crippen molar-refractivity contribution in [2.45, 2.75) is 13.3 Å².